The largest absolute Gasteiger partial charge is 0.854 e. The molecule has 2 aliphatic rings. The molecule has 2 saturated heterocycles. The Labute approximate surface area is 132 Å². The summed E-state index contributed by atoms with van der Waals surface area (Å²) in [7, 11) is 4.57. The van der Waals surface area contributed by atoms with E-state index in [1.165, 1.54) is 12.8 Å². The zero-order valence-corrected chi connectivity index (χ0v) is 13.4. The summed E-state index contributed by atoms with van der Waals surface area (Å²) in [6.45, 7) is -0.454. The van der Waals surface area contributed by atoms with Gasteiger partial charge in [0, 0.05) is 25.7 Å². The van der Waals surface area contributed by atoms with Crippen LogP contribution in [0.4, 0.5) is 0 Å². The van der Waals surface area contributed by atoms with Crippen molar-refractivity contribution >= 4 is 5.97 Å². The summed E-state index contributed by atoms with van der Waals surface area (Å²) in [5.41, 5.74) is 0.761. The van der Waals surface area contributed by atoms with Gasteiger partial charge in [0.1, 0.15) is 6.10 Å². The topological polar surface area (TPSA) is 49.4 Å². The molecule has 0 radical (unpaired) electrons. The highest BCUT2D eigenvalue weighted by molar-refractivity contribution is 5.78. The van der Waals surface area contributed by atoms with Crippen molar-refractivity contribution in [1.82, 2.24) is 0 Å². The smallest absolute Gasteiger partial charge is 0.312 e. The summed E-state index contributed by atoms with van der Waals surface area (Å²) >= 11 is 0. The van der Waals surface area contributed by atoms with Gasteiger partial charge in [0.05, 0.1) is 32.1 Å². The number of esters is 1. The van der Waals surface area contributed by atoms with Gasteiger partial charge in [-0.05, 0) is 5.56 Å². The molecular weight excluding hydrogens is 278 g/mol. The fraction of sp³-hybridized carbons (Fsp3) is 0.611. The first-order chi connectivity index (χ1) is 10.5. The highest BCUT2D eigenvalue weighted by Crippen LogP contribution is 2.40. The third-order valence-electron chi connectivity index (χ3n) is 5.72. The van der Waals surface area contributed by atoms with Crippen molar-refractivity contribution in [3.63, 3.8) is 0 Å². The summed E-state index contributed by atoms with van der Waals surface area (Å²) in [4.78, 5) is 12.4. The number of piperidine rings is 1. The van der Waals surface area contributed by atoms with E-state index in [9.17, 15) is 9.90 Å². The molecule has 2 fully saturated rings. The van der Waals surface area contributed by atoms with Crippen molar-refractivity contribution in [2.45, 2.75) is 49.8 Å². The molecule has 0 aromatic heterocycles. The predicted octanol–water partition coefficient (Wildman–Crippen LogP) is 1.44. The van der Waals surface area contributed by atoms with E-state index in [0.29, 0.717) is 12.1 Å². The quantitative estimate of drug-likeness (QED) is 0.625. The Morgan fingerprint density at radius 1 is 1.23 bits per heavy atom. The van der Waals surface area contributed by atoms with Crippen molar-refractivity contribution in [2.24, 2.45) is 0 Å². The average Bonchev–Trinajstić information content (AvgIpc) is 2.68. The van der Waals surface area contributed by atoms with E-state index in [2.05, 4.69) is 14.1 Å². The van der Waals surface area contributed by atoms with E-state index in [0.717, 1.165) is 22.9 Å². The van der Waals surface area contributed by atoms with Crippen LogP contribution in [0.15, 0.2) is 30.3 Å². The van der Waals surface area contributed by atoms with Crippen molar-refractivity contribution in [3.8, 4) is 0 Å². The molecule has 2 heterocycles. The molecule has 0 saturated carbocycles. The molecule has 2 bridgehead atoms. The third-order valence-corrected chi connectivity index (χ3v) is 5.72. The second kappa shape index (κ2) is 6.01. The van der Waals surface area contributed by atoms with Crippen LogP contribution in [0.5, 0.6) is 0 Å². The molecular formula is C18H25NO3. The van der Waals surface area contributed by atoms with Crippen LogP contribution in [0.1, 0.15) is 37.2 Å². The van der Waals surface area contributed by atoms with E-state index >= 15 is 0 Å². The number of nitrogens with zero attached hydrogens (tertiary/aromatic N) is 1. The second-order valence-corrected chi connectivity index (χ2v) is 7.17. The Morgan fingerprint density at radius 3 is 2.36 bits per heavy atom. The number of fused-ring (bicyclic) bond motifs is 2. The van der Waals surface area contributed by atoms with Crippen molar-refractivity contribution in [2.75, 3.05) is 20.7 Å². The summed E-state index contributed by atoms with van der Waals surface area (Å²) in [5.74, 6) is -1.03. The van der Waals surface area contributed by atoms with Crippen molar-refractivity contribution < 1.29 is 19.1 Å². The van der Waals surface area contributed by atoms with Gasteiger partial charge in [-0.1, -0.05) is 30.3 Å². The first kappa shape index (κ1) is 15.5. The molecule has 3 atom stereocenters. The maximum atomic E-state index is 12.4. The Bertz CT molecular complexity index is 512. The minimum Gasteiger partial charge on any atom is -0.854 e. The first-order valence-corrected chi connectivity index (χ1v) is 8.19. The molecule has 3 rings (SSSR count). The van der Waals surface area contributed by atoms with E-state index in [1.807, 2.05) is 30.3 Å². The number of quaternary nitrogens is 1. The lowest BCUT2D eigenvalue weighted by Gasteiger charge is -2.44. The van der Waals surface area contributed by atoms with Crippen molar-refractivity contribution in [1.29, 1.82) is 0 Å². The van der Waals surface area contributed by atoms with Crippen LogP contribution >= 0.6 is 0 Å². The number of carbonyl (C=O) groups excluding carboxylic acids is 1. The normalized spacial score (nSPS) is 30.8. The number of rotatable bonds is 4. The zero-order valence-electron chi connectivity index (χ0n) is 13.4. The van der Waals surface area contributed by atoms with E-state index < -0.39 is 12.5 Å². The van der Waals surface area contributed by atoms with Crippen LogP contribution in [0.2, 0.25) is 0 Å². The molecule has 2 aliphatic heterocycles. The van der Waals surface area contributed by atoms with Crippen LogP contribution in [0.3, 0.4) is 0 Å². The monoisotopic (exact) mass is 303 g/mol. The standard InChI is InChI=1S/C18H25NO3/c1-19(2)14-8-9-15(19)11-16(10-14)22-18(21)17(12-20)13-6-4-3-5-7-13/h3-7,14-17H,8-12H2,1-2H3. The number of ether oxygens (including phenoxy) is 1. The molecule has 1 aromatic rings. The van der Waals surface area contributed by atoms with Crippen molar-refractivity contribution in [3.05, 3.63) is 35.9 Å². The van der Waals surface area contributed by atoms with E-state index in [4.69, 9.17) is 4.74 Å². The minimum absolute atomic E-state index is 0.0195. The third kappa shape index (κ3) is 2.77. The molecule has 4 heteroatoms. The Morgan fingerprint density at radius 2 is 1.82 bits per heavy atom. The molecule has 0 amide bonds. The maximum Gasteiger partial charge on any atom is 0.312 e. The van der Waals surface area contributed by atoms with Gasteiger partial charge in [0.15, 0.2) is 0 Å². The summed E-state index contributed by atoms with van der Waals surface area (Å²) < 4.78 is 6.78. The van der Waals surface area contributed by atoms with Gasteiger partial charge in [0.25, 0.3) is 0 Å². The lowest BCUT2D eigenvalue weighted by molar-refractivity contribution is -0.931. The van der Waals surface area contributed by atoms with Gasteiger partial charge in [0.2, 0.25) is 0 Å². The summed E-state index contributed by atoms with van der Waals surface area (Å²) in [5, 5.41) is 11.5. The number of hydrogen-bond acceptors (Lipinski definition) is 3. The molecule has 0 spiro atoms. The fourth-order valence-corrected chi connectivity index (χ4v) is 4.16. The minimum atomic E-state index is -0.678. The van der Waals surface area contributed by atoms with E-state index in [-0.39, 0.29) is 12.1 Å². The van der Waals surface area contributed by atoms with Gasteiger partial charge in [-0.25, -0.2) is 0 Å². The van der Waals surface area contributed by atoms with Crippen LogP contribution in [0.25, 0.3) is 0 Å². The Kier molecular flexibility index (Phi) is 4.24. The van der Waals surface area contributed by atoms with Crippen LogP contribution < -0.4 is 5.11 Å². The van der Waals surface area contributed by atoms with Gasteiger partial charge < -0.3 is 14.3 Å². The Hall–Kier alpha value is -1.39. The van der Waals surface area contributed by atoms with Gasteiger partial charge >= 0.3 is 5.97 Å². The fourth-order valence-electron chi connectivity index (χ4n) is 4.16. The lowest BCUT2D eigenvalue weighted by Crippen LogP contribution is -2.56. The highest BCUT2D eigenvalue weighted by Gasteiger charge is 2.50. The number of hydrogen-bond donors (Lipinski definition) is 0. The maximum absolute atomic E-state index is 12.4. The molecule has 3 unspecified atom stereocenters. The molecule has 4 nitrogen and oxygen atoms in total. The average molecular weight is 303 g/mol. The molecule has 0 N–H and O–H groups in total. The summed E-state index contributed by atoms with van der Waals surface area (Å²) in [6, 6.07) is 10.4. The highest BCUT2D eigenvalue weighted by atomic mass is 16.5. The first-order valence-electron chi connectivity index (χ1n) is 8.19. The van der Waals surface area contributed by atoms with Gasteiger partial charge in [-0.3, -0.25) is 4.79 Å². The molecule has 120 valence electrons. The SMILES string of the molecule is C[N+]1(C)C2CCC1CC(OC(=O)C(C[O-])c1ccccc1)C2. The summed E-state index contributed by atoms with van der Waals surface area (Å²) in [6.07, 6.45) is 4.27. The number of benzene rings is 1. The second-order valence-electron chi connectivity index (χ2n) is 7.17. The molecule has 22 heavy (non-hydrogen) atoms. The van der Waals surface area contributed by atoms with Gasteiger partial charge in [-0.2, -0.15) is 0 Å². The van der Waals surface area contributed by atoms with E-state index in [1.54, 1.807) is 0 Å². The van der Waals surface area contributed by atoms with Crippen LogP contribution in [0, 0.1) is 0 Å². The lowest BCUT2D eigenvalue weighted by atomic mass is 9.96. The predicted molar refractivity (Wildman–Crippen MR) is 82.1 cm³/mol. The Balaban J connectivity index is 1.65. The number of carbonyl (C=O) groups is 1. The zero-order chi connectivity index (χ0) is 15.7. The van der Waals surface area contributed by atoms with Crippen LogP contribution in [-0.2, 0) is 9.53 Å². The van der Waals surface area contributed by atoms with Gasteiger partial charge in [-0.15, -0.1) is 6.61 Å². The molecule has 1 aromatic carbocycles. The molecule has 0 aliphatic carbocycles. The van der Waals surface area contributed by atoms with Crippen LogP contribution in [-0.4, -0.2) is 49.3 Å².